The summed E-state index contributed by atoms with van der Waals surface area (Å²) in [4.78, 5) is 74.2. The molecule has 1 aromatic heterocycles. The molecule has 336 valence electrons. The summed E-state index contributed by atoms with van der Waals surface area (Å²) in [6.07, 6.45) is -1.95. The molecule has 14 atom stereocenters. The Labute approximate surface area is 358 Å². The third kappa shape index (κ3) is 10.5. The van der Waals surface area contributed by atoms with Gasteiger partial charge in [0.1, 0.15) is 23.6 Å². The van der Waals surface area contributed by atoms with Crippen LogP contribution >= 0.6 is 0 Å². The van der Waals surface area contributed by atoms with Crippen LogP contribution in [0.25, 0.3) is 17.0 Å². The molecular weight excluding hydrogens is 789 g/mol. The highest BCUT2D eigenvalue weighted by molar-refractivity contribution is 5.88. The molecule has 1 aromatic carbocycles. The number of hydrogen-bond acceptors (Lipinski definition) is 14. The molecule has 2 amide bonds. The number of carbonyl (C=O) groups is 5. The number of hydrogen-bond donors (Lipinski definition) is 3. The van der Waals surface area contributed by atoms with Crippen molar-refractivity contribution in [1.82, 2.24) is 20.5 Å². The first-order chi connectivity index (χ1) is 28.7. The van der Waals surface area contributed by atoms with Gasteiger partial charge in [0, 0.05) is 42.8 Å². The van der Waals surface area contributed by atoms with Crippen molar-refractivity contribution in [2.75, 3.05) is 20.6 Å². The van der Waals surface area contributed by atoms with E-state index in [9.17, 15) is 29.1 Å². The minimum atomic E-state index is -1.72. The maximum atomic E-state index is 14.5. The highest BCUT2D eigenvalue weighted by atomic mass is 16.7. The van der Waals surface area contributed by atoms with Crippen LogP contribution in [0.3, 0.4) is 0 Å². The lowest BCUT2D eigenvalue weighted by Crippen LogP contribution is -2.61. The van der Waals surface area contributed by atoms with E-state index in [2.05, 4.69) is 15.6 Å². The fourth-order valence-electron chi connectivity index (χ4n) is 9.38. The van der Waals surface area contributed by atoms with Crippen molar-refractivity contribution >= 4 is 46.9 Å². The van der Waals surface area contributed by atoms with Gasteiger partial charge in [0.15, 0.2) is 18.0 Å². The number of aliphatic hydroxyl groups excluding tert-OH is 1. The van der Waals surface area contributed by atoms with Crippen LogP contribution in [0, 0.1) is 23.7 Å². The van der Waals surface area contributed by atoms with Gasteiger partial charge in [0.25, 0.3) is 0 Å². The highest BCUT2D eigenvalue weighted by Gasteiger charge is 2.58. The van der Waals surface area contributed by atoms with Crippen LogP contribution in [0.5, 0.6) is 0 Å². The molecule has 4 heterocycles. The van der Waals surface area contributed by atoms with Gasteiger partial charge in [-0.25, -0.2) is 9.59 Å². The van der Waals surface area contributed by atoms with Crippen molar-refractivity contribution in [3.8, 4) is 0 Å². The number of carbonyl (C=O) groups excluding carboxylic acids is 5. The lowest BCUT2D eigenvalue weighted by Gasteiger charge is -2.48. The molecule has 3 N–H and O–H groups in total. The van der Waals surface area contributed by atoms with Crippen LogP contribution in [0.15, 0.2) is 42.6 Å². The van der Waals surface area contributed by atoms with E-state index in [0.717, 1.165) is 16.5 Å². The predicted molar refractivity (Wildman–Crippen MR) is 225 cm³/mol. The number of para-hydroxylation sites is 1. The number of ether oxygens (including phenoxy) is 6. The first kappa shape index (κ1) is 47.4. The average molecular weight is 853 g/mol. The molecular formula is C45H64N4O12. The molecule has 0 radical (unpaired) electrons. The Morgan fingerprint density at radius 3 is 2.44 bits per heavy atom. The second-order valence-electron chi connectivity index (χ2n) is 17.6. The predicted octanol–water partition coefficient (Wildman–Crippen LogP) is 5.18. The number of amides is 2. The van der Waals surface area contributed by atoms with E-state index < -0.39 is 95.7 Å². The number of pyridine rings is 1. The summed E-state index contributed by atoms with van der Waals surface area (Å²) < 4.78 is 37.2. The quantitative estimate of drug-likeness (QED) is 0.220. The zero-order valence-corrected chi connectivity index (χ0v) is 37.2. The molecule has 16 nitrogen and oxygen atoms in total. The van der Waals surface area contributed by atoms with Crippen molar-refractivity contribution in [2.24, 2.45) is 23.7 Å². The molecule has 0 spiro atoms. The van der Waals surface area contributed by atoms with Crippen LogP contribution in [0.1, 0.15) is 87.1 Å². The third-order valence-corrected chi connectivity index (χ3v) is 12.6. The lowest BCUT2D eigenvalue weighted by molar-refractivity contribution is -0.300. The number of Topliss-reactive ketones (excluding diaryl/α,β-unsaturated/α-hetero) is 1. The second-order valence-corrected chi connectivity index (χ2v) is 17.6. The zero-order valence-electron chi connectivity index (χ0n) is 37.2. The van der Waals surface area contributed by atoms with Gasteiger partial charge >= 0.3 is 24.1 Å². The minimum absolute atomic E-state index is 0.0600. The Kier molecular flexibility index (Phi) is 15.2. The normalized spacial score (nSPS) is 36.4. The molecule has 2 aromatic rings. The third-order valence-electron chi connectivity index (χ3n) is 12.6. The van der Waals surface area contributed by atoms with Crippen molar-refractivity contribution in [3.05, 3.63) is 48.2 Å². The zero-order chi connectivity index (χ0) is 45.0. The van der Waals surface area contributed by atoms with Gasteiger partial charge in [0.2, 0.25) is 0 Å². The van der Waals surface area contributed by atoms with Crippen molar-refractivity contribution in [3.63, 3.8) is 0 Å². The maximum Gasteiger partial charge on any atom is 0.408 e. The number of alkyl carbamates (subject to hydrolysis) is 2. The smallest absolute Gasteiger partial charge is 0.408 e. The summed E-state index contributed by atoms with van der Waals surface area (Å²) in [5.74, 6) is -5.51. The number of likely N-dealkylation sites (N-methyl/N-ethyl adjacent to an activating group) is 1. The molecule has 0 bridgehead atoms. The van der Waals surface area contributed by atoms with E-state index in [0.29, 0.717) is 6.42 Å². The summed E-state index contributed by atoms with van der Waals surface area (Å²) in [6.45, 7) is 14.7. The highest BCUT2D eigenvalue weighted by Crippen LogP contribution is 2.41. The van der Waals surface area contributed by atoms with E-state index in [1.54, 1.807) is 53.8 Å². The van der Waals surface area contributed by atoms with Crippen LogP contribution in [-0.2, 0) is 42.8 Å². The standard InChI is InChI=1S/C45H64N4O12/c1-12-34-45(9)38(48-43(55)61-45)26(4)35(51)24(2)23-44(8,60-42(54)47-20-15-16-30-19-21-46-32-18-14-13-17-31(30)32)39(27(5)36(52)28(6)40(53)58-34)59-41-37(57-29(7)50)33(49(10)11)22-25(3)56-41/h13-19,21,24-28,33-34,36-39,41,52H,12,20,22-23H2,1-11H3,(H,47,54)(H,48,55)/t24-,25-,26+,27+,28-,33+,34-,36+,37-,38-,39-,41+,44-,45-/m1/s1. The molecule has 0 saturated carbocycles. The molecule has 0 aliphatic carbocycles. The number of aliphatic hydroxyl groups is 1. The molecule has 3 aliphatic rings. The number of nitrogens with one attached hydrogen (secondary N) is 2. The number of aromatic nitrogens is 1. The second kappa shape index (κ2) is 19.6. The van der Waals surface area contributed by atoms with Gasteiger partial charge in [-0.1, -0.05) is 58.0 Å². The van der Waals surface area contributed by atoms with Crippen molar-refractivity contribution in [2.45, 2.75) is 142 Å². The van der Waals surface area contributed by atoms with Gasteiger partial charge in [-0.3, -0.25) is 19.4 Å². The molecule has 16 heteroatoms. The fourth-order valence-corrected chi connectivity index (χ4v) is 9.38. The van der Waals surface area contributed by atoms with Crippen molar-refractivity contribution in [1.29, 1.82) is 0 Å². The first-order valence-electron chi connectivity index (χ1n) is 21.2. The molecule has 5 rings (SSSR count). The molecule has 3 fully saturated rings. The monoisotopic (exact) mass is 852 g/mol. The lowest BCUT2D eigenvalue weighted by atomic mass is 9.73. The summed E-state index contributed by atoms with van der Waals surface area (Å²) in [5.41, 5.74) is -1.43. The largest absolute Gasteiger partial charge is 0.458 e. The van der Waals surface area contributed by atoms with Gasteiger partial charge < -0.3 is 49.1 Å². The summed E-state index contributed by atoms with van der Waals surface area (Å²) in [5, 5.41) is 18.6. The molecule has 61 heavy (non-hydrogen) atoms. The first-order valence-corrected chi connectivity index (χ1v) is 21.2. The van der Waals surface area contributed by atoms with Crippen LogP contribution in [0.2, 0.25) is 0 Å². The molecule has 0 unspecified atom stereocenters. The topological polar surface area (TPSA) is 201 Å². The Hall–Kier alpha value is -4.64. The Bertz CT molecular complexity index is 1940. The van der Waals surface area contributed by atoms with Gasteiger partial charge in [-0.05, 0) is 78.7 Å². The summed E-state index contributed by atoms with van der Waals surface area (Å²) in [7, 11) is 3.70. The molecule has 3 aliphatic heterocycles. The molecule has 3 saturated heterocycles. The minimum Gasteiger partial charge on any atom is -0.458 e. The SMILES string of the molecule is CC[C@H]1OC(=O)[C@H](C)[C@@H](O)[C@H](C)[C@@H](O[C@@H]2O[C@H](C)C[C@H](N(C)C)[C@H]2OC(C)=O)[C@](C)(OC(=O)NCC=Cc2ccnc3ccccc23)C[C@@H](C)C(=O)[C@H](C)[C@H]2NC(=O)O[C@@]21C. The maximum absolute atomic E-state index is 14.5. The number of rotatable bonds is 9. The van der Waals surface area contributed by atoms with Crippen LogP contribution in [0.4, 0.5) is 9.59 Å². The van der Waals surface area contributed by atoms with Gasteiger partial charge in [-0.15, -0.1) is 0 Å². The summed E-state index contributed by atoms with van der Waals surface area (Å²) in [6, 6.07) is 8.31. The Morgan fingerprint density at radius 2 is 1.77 bits per heavy atom. The number of ketones is 1. The number of cyclic esters (lactones) is 1. The van der Waals surface area contributed by atoms with E-state index in [1.165, 1.54) is 13.8 Å². The number of benzene rings is 1. The Morgan fingerprint density at radius 1 is 1.07 bits per heavy atom. The van der Waals surface area contributed by atoms with E-state index >= 15 is 0 Å². The Balaban J connectivity index is 1.56. The van der Waals surface area contributed by atoms with E-state index in [-0.39, 0.29) is 37.3 Å². The van der Waals surface area contributed by atoms with Gasteiger partial charge in [-0.2, -0.15) is 0 Å². The van der Waals surface area contributed by atoms with Crippen LogP contribution < -0.4 is 10.6 Å². The summed E-state index contributed by atoms with van der Waals surface area (Å²) >= 11 is 0. The number of fused-ring (bicyclic) bond motifs is 2. The van der Waals surface area contributed by atoms with Gasteiger partial charge in [0.05, 0.1) is 35.7 Å². The van der Waals surface area contributed by atoms with Crippen molar-refractivity contribution < 1.29 is 57.5 Å². The van der Waals surface area contributed by atoms with E-state index in [1.807, 2.05) is 62.3 Å². The number of esters is 2. The fraction of sp³-hybridized carbons (Fsp3) is 0.644. The average Bonchev–Trinajstić information content (AvgIpc) is 3.52. The van der Waals surface area contributed by atoms with E-state index in [4.69, 9.17) is 28.4 Å². The number of nitrogens with zero attached hydrogens (tertiary/aromatic N) is 2. The van der Waals surface area contributed by atoms with Crippen LogP contribution in [-0.4, -0.2) is 126 Å².